The quantitative estimate of drug-likeness (QED) is 0.776. The highest BCUT2D eigenvalue weighted by Crippen LogP contribution is 2.20. The molecule has 1 rings (SSSR count). The first-order valence-electron chi connectivity index (χ1n) is 6.99. The Labute approximate surface area is 115 Å². The molecule has 1 amide bonds. The molecule has 0 unspecified atom stereocenters. The van der Waals surface area contributed by atoms with Gasteiger partial charge in [-0.05, 0) is 38.7 Å². The number of nitrogens with one attached hydrogen (secondary N) is 2. The van der Waals surface area contributed by atoms with Gasteiger partial charge in [0, 0.05) is 17.3 Å². The molecule has 0 bridgehead atoms. The van der Waals surface area contributed by atoms with Crippen molar-refractivity contribution < 1.29 is 9.59 Å². The molecule has 0 fully saturated rings. The molecule has 0 spiro atoms. The fourth-order valence-corrected chi connectivity index (χ4v) is 2.45. The smallest absolute Gasteiger partial charge is 0.268 e. The maximum Gasteiger partial charge on any atom is 0.268 e. The van der Waals surface area contributed by atoms with Crippen molar-refractivity contribution in [1.82, 2.24) is 10.3 Å². The lowest BCUT2D eigenvalue weighted by Crippen LogP contribution is -2.34. The average molecular weight is 264 g/mol. The number of amides is 1. The Morgan fingerprint density at radius 2 is 1.79 bits per heavy atom. The predicted octanol–water partition coefficient (Wildman–Crippen LogP) is 3.01. The summed E-state index contributed by atoms with van der Waals surface area (Å²) in [4.78, 5) is 27.0. The van der Waals surface area contributed by atoms with Crippen molar-refractivity contribution in [3.05, 3.63) is 22.5 Å². The van der Waals surface area contributed by atoms with Gasteiger partial charge in [0.1, 0.15) is 5.69 Å². The van der Waals surface area contributed by atoms with Crippen LogP contribution in [0.4, 0.5) is 0 Å². The normalized spacial score (nSPS) is 10.8. The molecular formula is C15H24N2O2. The molecule has 0 atom stereocenters. The van der Waals surface area contributed by atoms with Crippen LogP contribution < -0.4 is 5.32 Å². The maximum absolute atomic E-state index is 12.3. The largest absolute Gasteiger partial charge is 0.354 e. The van der Waals surface area contributed by atoms with Crippen molar-refractivity contribution in [3.63, 3.8) is 0 Å². The number of aryl methyl sites for hydroxylation is 1. The van der Waals surface area contributed by atoms with Crippen molar-refractivity contribution in [2.24, 2.45) is 0 Å². The third kappa shape index (κ3) is 3.25. The van der Waals surface area contributed by atoms with E-state index in [-0.39, 0.29) is 17.7 Å². The molecule has 0 aliphatic carbocycles. The van der Waals surface area contributed by atoms with Crippen LogP contribution in [0.15, 0.2) is 0 Å². The van der Waals surface area contributed by atoms with Crippen LogP contribution in [0.1, 0.15) is 72.6 Å². The highest BCUT2D eigenvalue weighted by molar-refractivity contribution is 6.02. The second-order valence-corrected chi connectivity index (χ2v) is 4.88. The minimum Gasteiger partial charge on any atom is -0.354 e. The van der Waals surface area contributed by atoms with Crippen molar-refractivity contribution in [2.45, 2.75) is 59.9 Å². The summed E-state index contributed by atoms with van der Waals surface area (Å²) in [6.45, 7) is 9.44. The number of Topliss-reactive ketones (excluding diaryl/α,β-unsaturated/α-hetero) is 1. The molecule has 106 valence electrons. The number of hydrogen-bond acceptors (Lipinski definition) is 2. The van der Waals surface area contributed by atoms with Gasteiger partial charge in [-0.2, -0.15) is 0 Å². The Balaban J connectivity index is 3.10. The second-order valence-electron chi connectivity index (χ2n) is 4.88. The molecule has 1 aromatic heterocycles. The number of rotatable bonds is 6. The second kappa shape index (κ2) is 6.55. The summed E-state index contributed by atoms with van der Waals surface area (Å²) in [7, 11) is 0. The number of carbonyl (C=O) groups is 2. The zero-order valence-corrected chi connectivity index (χ0v) is 12.5. The summed E-state index contributed by atoms with van der Waals surface area (Å²) in [6, 6.07) is 0.182. The molecule has 0 aliphatic heterocycles. The molecule has 4 nitrogen and oxygen atoms in total. The fourth-order valence-electron chi connectivity index (χ4n) is 2.45. The van der Waals surface area contributed by atoms with E-state index >= 15 is 0 Å². The first-order chi connectivity index (χ1) is 8.96. The minimum absolute atomic E-state index is 0.00665. The van der Waals surface area contributed by atoms with Crippen LogP contribution in [0.25, 0.3) is 0 Å². The third-order valence-corrected chi connectivity index (χ3v) is 3.54. The van der Waals surface area contributed by atoms with Crippen molar-refractivity contribution >= 4 is 11.7 Å². The van der Waals surface area contributed by atoms with Crippen LogP contribution in [0.2, 0.25) is 0 Å². The summed E-state index contributed by atoms with van der Waals surface area (Å²) in [5, 5.41) is 3.01. The zero-order chi connectivity index (χ0) is 14.6. The lowest BCUT2D eigenvalue weighted by atomic mass is 10.0. The van der Waals surface area contributed by atoms with Gasteiger partial charge in [0.05, 0.1) is 0 Å². The number of ketones is 1. The van der Waals surface area contributed by atoms with E-state index < -0.39 is 0 Å². The van der Waals surface area contributed by atoms with E-state index in [1.54, 1.807) is 0 Å². The Kier molecular flexibility index (Phi) is 5.33. The van der Waals surface area contributed by atoms with Gasteiger partial charge in [-0.3, -0.25) is 9.59 Å². The van der Waals surface area contributed by atoms with E-state index in [9.17, 15) is 9.59 Å². The van der Waals surface area contributed by atoms with E-state index in [1.807, 2.05) is 13.8 Å². The Morgan fingerprint density at radius 1 is 1.21 bits per heavy atom. The molecule has 4 heteroatoms. The first-order valence-corrected chi connectivity index (χ1v) is 6.99. The van der Waals surface area contributed by atoms with Crippen molar-refractivity contribution in [1.29, 1.82) is 0 Å². The minimum atomic E-state index is -0.110. The van der Waals surface area contributed by atoms with E-state index in [2.05, 4.69) is 24.1 Å². The van der Waals surface area contributed by atoms with Crippen molar-refractivity contribution in [2.75, 3.05) is 0 Å². The van der Waals surface area contributed by atoms with E-state index in [0.717, 1.165) is 24.1 Å². The topological polar surface area (TPSA) is 62.0 Å². The third-order valence-electron chi connectivity index (χ3n) is 3.54. The summed E-state index contributed by atoms with van der Waals surface area (Å²) >= 11 is 0. The van der Waals surface area contributed by atoms with Gasteiger partial charge in [-0.15, -0.1) is 0 Å². The number of aromatic amines is 1. The lowest BCUT2D eigenvalue weighted by molar-refractivity contribution is 0.0929. The van der Waals surface area contributed by atoms with Crippen molar-refractivity contribution in [3.8, 4) is 0 Å². The van der Waals surface area contributed by atoms with Crippen LogP contribution in [-0.4, -0.2) is 22.7 Å². The van der Waals surface area contributed by atoms with Gasteiger partial charge >= 0.3 is 0 Å². The summed E-state index contributed by atoms with van der Waals surface area (Å²) < 4.78 is 0. The Morgan fingerprint density at radius 3 is 2.21 bits per heavy atom. The highest BCUT2D eigenvalue weighted by atomic mass is 16.2. The number of H-pyrrole nitrogens is 1. The molecule has 19 heavy (non-hydrogen) atoms. The summed E-state index contributed by atoms with van der Waals surface area (Å²) in [5.74, 6) is -0.103. The Bertz CT molecular complexity index is 471. The first kappa shape index (κ1) is 15.5. The molecule has 1 aromatic rings. The van der Waals surface area contributed by atoms with Gasteiger partial charge in [0.25, 0.3) is 5.91 Å². The van der Waals surface area contributed by atoms with Crippen LogP contribution >= 0.6 is 0 Å². The zero-order valence-electron chi connectivity index (χ0n) is 12.5. The fraction of sp³-hybridized carbons (Fsp3) is 0.600. The van der Waals surface area contributed by atoms with Gasteiger partial charge < -0.3 is 10.3 Å². The molecule has 0 radical (unpaired) electrons. The van der Waals surface area contributed by atoms with E-state index in [4.69, 9.17) is 0 Å². The van der Waals surface area contributed by atoms with E-state index in [0.29, 0.717) is 17.7 Å². The Hall–Kier alpha value is -1.58. The SMILES string of the molecule is CCc1c(C(=O)NC(CC)CC)[nH]c(C)c1C(C)=O. The molecule has 2 N–H and O–H groups in total. The molecule has 0 saturated heterocycles. The van der Waals surface area contributed by atoms with Crippen LogP contribution in [0.3, 0.4) is 0 Å². The monoisotopic (exact) mass is 264 g/mol. The van der Waals surface area contributed by atoms with Gasteiger partial charge in [0.2, 0.25) is 0 Å². The number of aromatic nitrogens is 1. The van der Waals surface area contributed by atoms with E-state index in [1.165, 1.54) is 6.92 Å². The maximum atomic E-state index is 12.3. The van der Waals surface area contributed by atoms with Gasteiger partial charge in [-0.1, -0.05) is 20.8 Å². The molecule has 0 aromatic carbocycles. The van der Waals surface area contributed by atoms with Gasteiger partial charge in [0.15, 0.2) is 5.78 Å². The summed E-state index contributed by atoms with van der Waals surface area (Å²) in [5.41, 5.74) is 2.81. The molecule has 0 saturated carbocycles. The van der Waals surface area contributed by atoms with Crippen LogP contribution in [0, 0.1) is 6.92 Å². The number of carbonyl (C=O) groups excluding carboxylic acids is 2. The van der Waals surface area contributed by atoms with Crippen LogP contribution in [0.5, 0.6) is 0 Å². The molecular weight excluding hydrogens is 240 g/mol. The molecule has 0 aliphatic rings. The van der Waals surface area contributed by atoms with Gasteiger partial charge in [-0.25, -0.2) is 0 Å². The standard InChI is InChI=1S/C15H24N2O2/c1-6-11(7-2)17-15(19)14-12(8-3)13(10(5)18)9(4)16-14/h11,16H,6-8H2,1-5H3,(H,17,19). The highest BCUT2D eigenvalue weighted by Gasteiger charge is 2.22. The number of hydrogen-bond donors (Lipinski definition) is 2. The lowest BCUT2D eigenvalue weighted by Gasteiger charge is -2.14. The van der Waals surface area contributed by atoms with Crippen LogP contribution in [-0.2, 0) is 6.42 Å². The summed E-state index contributed by atoms with van der Waals surface area (Å²) in [6.07, 6.45) is 2.48. The predicted molar refractivity (Wildman–Crippen MR) is 76.7 cm³/mol. The average Bonchev–Trinajstić information content (AvgIpc) is 2.72. The molecule has 1 heterocycles.